The largest absolute Gasteiger partial charge is 0.385 e. The molecule has 12 heavy (non-hydrogen) atoms. The van der Waals surface area contributed by atoms with Gasteiger partial charge in [0.1, 0.15) is 0 Å². The molecule has 0 aromatic heterocycles. The Morgan fingerprint density at radius 2 is 2.33 bits per heavy atom. The van der Waals surface area contributed by atoms with E-state index in [-0.39, 0.29) is 0 Å². The number of nitrogens with one attached hydrogen (secondary N) is 1. The Labute approximate surface area is 71.6 Å². The molecule has 3 heteroatoms. The van der Waals surface area contributed by atoms with Gasteiger partial charge < -0.3 is 11.1 Å². The molecule has 0 aliphatic heterocycles. The van der Waals surface area contributed by atoms with Crippen LogP contribution in [0.15, 0.2) is 24.3 Å². The lowest BCUT2D eigenvalue weighted by Gasteiger charge is -2.03. The zero-order chi connectivity index (χ0) is 8.97. The number of hydrogen-bond donors (Lipinski definition) is 2. The Morgan fingerprint density at radius 3 is 2.92 bits per heavy atom. The van der Waals surface area contributed by atoms with Crippen LogP contribution in [0.4, 0.5) is 5.69 Å². The molecule has 0 aliphatic carbocycles. The monoisotopic (exact) mass is 164 g/mol. The number of rotatable bonds is 3. The summed E-state index contributed by atoms with van der Waals surface area (Å²) >= 11 is 0. The molecule has 0 radical (unpaired) electrons. The van der Waals surface area contributed by atoms with E-state index in [4.69, 9.17) is 5.73 Å². The van der Waals surface area contributed by atoms with Gasteiger partial charge in [0, 0.05) is 17.8 Å². The van der Waals surface area contributed by atoms with Crippen molar-refractivity contribution in [3.63, 3.8) is 0 Å². The average Bonchev–Trinajstić information content (AvgIpc) is 2.05. The Morgan fingerprint density at radius 1 is 1.58 bits per heavy atom. The third-order valence-corrected chi connectivity index (χ3v) is 1.53. The van der Waals surface area contributed by atoms with Gasteiger partial charge in [-0.2, -0.15) is 0 Å². The summed E-state index contributed by atoms with van der Waals surface area (Å²) in [6.45, 7) is 2.83. The van der Waals surface area contributed by atoms with Crippen LogP contribution >= 0.6 is 0 Å². The minimum absolute atomic E-state index is 0.394. The van der Waals surface area contributed by atoms with E-state index in [2.05, 4.69) is 5.32 Å². The van der Waals surface area contributed by atoms with Crippen LogP contribution in [0.5, 0.6) is 0 Å². The molecule has 0 saturated carbocycles. The second kappa shape index (κ2) is 3.76. The minimum atomic E-state index is -0.394. The smallest absolute Gasteiger partial charge is 0.248 e. The fourth-order valence-electron chi connectivity index (χ4n) is 0.987. The van der Waals surface area contributed by atoms with Crippen molar-refractivity contribution in [2.45, 2.75) is 6.92 Å². The second-order valence-corrected chi connectivity index (χ2v) is 2.48. The SMILES string of the molecule is CCNc1cccc(C(N)=O)c1. The van der Waals surface area contributed by atoms with E-state index in [1.807, 2.05) is 13.0 Å². The van der Waals surface area contributed by atoms with Crippen LogP contribution in [0.25, 0.3) is 0 Å². The van der Waals surface area contributed by atoms with E-state index in [9.17, 15) is 4.79 Å². The van der Waals surface area contributed by atoms with E-state index in [0.717, 1.165) is 12.2 Å². The van der Waals surface area contributed by atoms with Crippen molar-refractivity contribution < 1.29 is 4.79 Å². The highest BCUT2D eigenvalue weighted by atomic mass is 16.1. The Kier molecular flexibility index (Phi) is 2.69. The van der Waals surface area contributed by atoms with Gasteiger partial charge in [0.25, 0.3) is 0 Å². The third-order valence-electron chi connectivity index (χ3n) is 1.53. The topological polar surface area (TPSA) is 55.1 Å². The molecule has 1 rings (SSSR count). The molecule has 0 bridgehead atoms. The van der Waals surface area contributed by atoms with Gasteiger partial charge in [0.15, 0.2) is 0 Å². The molecule has 1 aromatic rings. The van der Waals surface area contributed by atoms with Gasteiger partial charge in [-0.3, -0.25) is 4.79 Å². The molecule has 0 spiro atoms. The minimum Gasteiger partial charge on any atom is -0.385 e. The molecule has 0 aliphatic rings. The molecular formula is C9H12N2O. The summed E-state index contributed by atoms with van der Waals surface area (Å²) < 4.78 is 0. The van der Waals surface area contributed by atoms with Crippen molar-refractivity contribution in [1.82, 2.24) is 0 Å². The van der Waals surface area contributed by atoms with Crippen LogP contribution < -0.4 is 11.1 Å². The van der Waals surface area contributed by atoms with E-state index in [0.29, 0.717) is 5.56 Å². The van der Waals surface area contributed by atoms with Crippen LogP contribution in [0, 0.1) is 0 Å². The summed E-state index contributed by atoms with van der Waals surface area (Å²) in [7, 11) is 0. The maximum Gasteiger partial charge on any atom is 0.248 e. The van der Waals surface area contributed by atoms with E-state index in [1.165, 1.54) is 0 Å². The first-order valence-electron chi connectivity index (χ1n) is 3.87. The lowest BCUT2D eigenvalue weighted by atomic mass is 10.2. The molecule has 64 valence electrons. The number of hydrogen-bond acceptors (Lipinski definition) is 2. The third kappa shape index (κ3) is 1.99. The quantitative estimate of drug-likeness (QED) is 0.705. The maximum absolute atomic E-state index is 10.8. The van der Waals surface area contributed by atoms with Gasteiger partial charge in [0.2, 0.25) is 5.91 Å². The summed E-state index contributed by atoms with van der Waals surface area (Å²) in [6, 6.07) is 7.14. The molecule has 1 amide bonds. The molecule has 0 heterocycles. The Hall–Kier alpha value is -1.51. The average molecular weight is 164 g/mol. The van der Waals surface area contributed by atoms with Gasteiger partial charge in [-0.15, -0.1) is 0 Å². The van der Waals surface area contributed by atoms with E-state index >= 15 is 0 Å². The van der Waals surface area contributed by atoms with Crippen molar-refractivity contribution in [1.29, 1.82) is 0 Å². The maximum atomic E-state index is 10.8. The number of carbonyl (C=O) groups excluding carboxylic acids is 1. The van der Waals surface area contributed by atoms with Crippen molar-refractivity contribution in [3.05, 3.63) is 29.8 Å². The lowest BCUT2D eigenvalue weighted by Crippen LogP contribution is -2.11. The zero-order valence-electron chi connectivity index (χ0n) is 7.00. The number of benzene rings is 1. The van der Waals surface area contributed by atoms with Gasteiger partial charge in [-0.1, -0.05) is 6.07 Å². The number of anilines is 1. The predicted molar refractivity (Wildman–Crippen MR) is 49.1 cm³/mol. The molecule has 0 fully saturated rings. The van der Waals surface area contributed by atoms with Gasteiger partial charge >= 0.3 is 0 Å². The standard InChI is InChI=1S/C9H12N2O/c1-2-11-8-5-3-4-7(6-8)9(10)12/h3-6,11H,2H2,1H3,(H2,10,12). The molecule has 3 nitrogen and oxygen atoms in total. The highest BCUT2D eigenvalue weighted by Crippen LogP contribution is 2.09. The summed E-state index contributed by atoms with van der Waals surface area (Å²) in [5, 5.41) is 3.10. The van der Waals surface area contributed by atoms with Gasteiger partial charge in [0.05, 0.1) is 0 Å². The number of amides is 1. The summed E-state index contributed by atoms with van der Waals surface area (Å²) in [5.41, 5.74) is 6.57. The van der Waals surface area contributed by atoms with Gasteiger partial charge in [-0.25, -0.2) is 0 Å². The van der Waals surface area contributed by atoms with Crippen LogP contribution in [0.1, 0.15) is 17.3 Å². The second-order valence-electron chi connectivity index (χ2n) is 2.48. The molecular weight excluding hydrogens is 152 g/mol. The molecule has 0 saturated heterocycles. The summed E-state index contributed by atoms with van der Waals surface area (Å²) in [5.74, 6) is -0.394. The predicted octanol–water partition coefficient (Wildman–Crippen LogP) is 1.22. The molecule has 0 unspecified atom stereocenters. The van der Waals surface area contributed by atoms with E-state index in [1.54, 1.807) is 18.2 Å². The van der Waals surface area contributed by atoms with E-state index < -0.39 is 5.91 Å². The van der Waals surface area contributed by atoms with Crippen molar-refractivity contribution in [2.24, 2.45) is 5.73 Å². The Balaban J connectivity index is 2.88. The highest BCUT2D eigenvalue weighted by molar-refractivity contribution is 5.93. The van der Waals surface area contributed by atoms with Crippen molar-refractivity contribution in [3.8, 4) is 0 Å². The molecule has 0 atom stereocenters. The van der Waals surface area contributed by atoms with Crippen LogP contribution in [0.3, 0.4) is 0 Å². The zero-order valence-corrected chi connectivity index (χ0v) is 7.00. The van der Waals surface area contributed by atoms with Gasteiger partial charge in [-0.05, 0) is 25.1 Å². The first kappa shape index (κ1) is 8.59. The van der Waals surface area contributed by atoms with Crippen molar-refractivity contribution >= 4 is 11.6 Å². The fourth-order valence-corrected chi connectivity index (χ4v) is 0.987. The van der Waals surface area contributed by atoms with Crippen LogP contribution in [-0.2, 0) is 0 Å². The highest BCUT2D eigenvalue weighted by Gasteiger charge is 1.99. The lowest BCUT2D eigenvalue weighted by molar-refractivity contribution is 0.100. The number of carbonyl (C=O) groups is 1. The van der Waals surface area contributed by atoms with Crippen LogP contribution in [-0.4, -0.2) is 12.5 Å². The fraction of sp³-hybridized carbons (Fsp3) is 0.222. The number of primary amides is 1. The Bertz CT molecular complexity index is 284. The normalized spacial score (nSPS) is 9.42. The summed E-state index contributed by atoms with van der Waals surface area (Å²) in [4.78, 5) is 10.8. The van der Waals surface area contributed by atoms with Crippen molar-refractivity contribution in [2.75, 3.05) is 11.9 Å². The molecule has 3 N–H and O–H groups in total. The first-order valence-corrected chi connectivity index (χ1v) is 3.87. The molecule has 1 aromatic carbocycles. The number of nitrogens with two attached hydrogens (primary N) is 1. The van der Waals surface area contributed by atoms with Crippen LogP contribution in [0.2, 0.25) is 0 Å². The summed E-state index contributed by atoms with van der Waals surface area (Å²) in [6.07, 6.45) is 0. The first-order chi connectivity index (χ1) is 5.74.